The molecule has 3 N–H and O–H groups in total. The first-order valence-corrected chi connectivity index (χ1v) is 8.98. The van der Waals surface area contributed by atoms with Gasteiger partial charge in [0.1, 0.15) is 0 Å². The molecule has 118 valence electrons. The molecule has 1 unspecified atom stereocenters. The molecule has 7 heteroatoms. The van der Waals surface area contributed by atoms with Gasteiger partial charge in [0.25, 0.3) is 0 Å². The number of benzene rings is 1. The Morgan fingerprint density at radius 2 is 2.19 bits per heavy atom. The van der Waals surface area contributed by atoms with E-state index >= 15 is 0 Å². The highest BCUT2D eigenvalue weighted by atomic mass is 35.5. The number of hydrogen-bond donors (Lipinski definition) is 2. The summed E-state index contributed by atoms with van der Waals surface area (Å²) in [4.78, 5) is 2.42. The summed E-state index contributed by atoms with van der Waals surface area (Å²) in [6, 6.07) is 4.88. The quantitative estimate of drug-likeness (QED) is 0.858. The minimum atomic E-state index is -3.52. The summed E-state index contributed by atoms with van der Waals surface area (Å²) < 4.78 is 27.4. The lowest BCUT2D eigenvalue weighted by atomic mass is 10.0. The van der Waals surface area contributed by atoms with Gasteiger partial charge < -0.3 is 10.6 Å². The predicted molar refractivity (Wildman–Crippen MR) is 84.8 cm³/mol. The van der Waals surface area contributed by atoms with Crippen molar-refractivity contribution in [2.75, 3.05) is 20.1 Å². The van der Waals surface area contributed by atoms with Crippen LogP contribution in [0.15, 0.2) is 23.1 Å². The van der Waals surface area contributed by atoms with Gasteiger partial charge in [-0.2, -0.15) is 0 Å². The van der Waals surface area contributed by atoms with E-state index in [1.54, 1.807) is 6.07 Å². The molecule has 0 aromatic heterocycles. The summed E-state index contributed by atoms with van der Waals surface area (Å²) in [5, 5.41) is 0.489. The lowest BCUT2D eigenvalue weighted by molar-refractivity contribution is 0.187. The summed E-state index contributed by atoms with van der Waals surface area (Å²) in [5.74, 6) is 0. The van der Waals surface area contributed by atoms with Crippen LogP contribution in [0.5, 0.6) is 0 Å². The van der Waals surface area contributed by atoms with Gasteiger partial charge in [0.2, 0.25) is 10.0 Å². The number of nitrogens with zero attached hydrogens (tertiary/aromatic N) is 1. The minimum Gasteiger partial charge on any atom is -0.326 e. The first-order chi connectivity index (χ1) is 9.94. The fraction of sp³-hybridized carbons (Fsp3) is 0.571. The van der Waals surface area contributed by atoms with Crippen molar-refractivity contribution in [1.82, 2.24) is 9.62 Å². The van der Waals surface area contributed by atoms with Gasteiger partial charge in [-0.25, -0.2) is 13.1 Å². The highest BCUT2D eigenvalue weighted by Gasteiger charge is 2.22. The molecule has 1 heterocycles. The van der Waals surface area contributed by atoms with E-state index in [2.05, 4.69) is 9.62 Å². The van der Waals surface area contributed by atoms with Gasteiger partial charge in [0.15, 0.2) is 0 Å². The van der Waals surface area contributed by atoms with E-state index in [-0.39, 0.29) is 17.5 Å². The number of likely N-dealkylation sites (tertiary alicyclic amines) is 1. The smallest absolute Gasteiger partial charge is 0.240 e. The molecule has 1 aromatic rings. The Labute approximate surface area is 131 Å². The number of halogens is 1. The van der Waals surface area contributed by atoms with E-state index in [4.69, 9.17) is 17.3 Å². The summed E-state index contributed by atoms with van der Waals surface area (Å²) in [7, 11) is -1.49. The zero-order valence-electron chi connectivity index (χ0n) is 12.2. The fourth-order valence-electron chi connectivity index (χ4n) is 2.57. The normalized spacial score (nSPS) is 20.6. The molecule has 0 amide bonds. The molecule has 2 rings (SSSR count). The Bertz CT molecular complexity index is 592. The molecule has 0 bridgehead atoms. The molecule has 5 nitrogen and oxygen atoms in total. The van der Waals surface area contributed by atoms with Crippen LogP contribution in [0.2, 0.25) is 5.02 Å². The molecule has 0 saturated carbocycles. The summed E-state index contributed by atoms with van der Waals surface area (Å²) in [5.41, 5.74) is 6.20. The molecule has 1 aromatic carbocycles. The number of likely N-dealkylation sites (N-methyl/N-ethyl adjacent to an activating group) is 1. The van der Waals surface area contributed by atoms with Gasteiger partial charge in [-0.3, -0.25) is 0 Å². The summed E-state index contributed by atoms with van der Waals surface area (Å²) in [6.07, 6.45) is 3.35. The minimum absolute atomic E-state index is 0.214. The van der Waals surface area contributed by atoms with Crippen molar-refractivity contribution >= 4 is 21.6 Å². The maximum atomic E-state index is 12.3. The molecule has 1 saturated heterocycles. The van der Waals surface area contributed by atoms with Crippen LogP contribution < -0.4 is 10.5 Å². The summed E-state index contributed by atoms with van der Waals surface area (Å²) >= 11 is 5.96. The van der Waals surface area contributed by atoms with Crippen LogP contribution >= 0.6 is 11.6 Å². The molecular formula is C14H22ClN3O2S. The zero-order chi connectivity index (χ0) is 15.5. The van der Waals surface area contributed by atoms with Crippen molar-refractivity contribution in [3.63, 3.8) is 0 Å². The van der Waals surface area contributed by atoms with Crippen LogP contribution in [0.3, 0.4) is 0 Å². The third-order valence-electron chi connectivity index (χ3n) is 3.98. The molecule has 1 aliphatic heterocycles. The van der Waals surface area contributed by atoms with Gasteiger partial charge in [-0.05, 0) is 50.2 Å². The number of hydrogen-bond acceptors (Lipinski definition) is 4. The second-order valence-electron chi connectivity index (χ2n) is 5.44. The number of nitrogens with one attached hydrogen (secondary N) is 1. The fourth-order valence-corrected chi connectivity index (χ4v) is 3.88. The third-order valence-corrected chi connectivity index (χ3v) is 5.77. The molecule has 0 aliphatic carbocycles. The van der Waals surface area contributed by atoms with Gasteiger partial charge in [0.05, 0.1) is 4.90 Å². The maximum Gasteiger partial charge on any atom is 0.240 e. The lowest BCUT2D eigenvalue weighted by Crippen LogP contribution is -2.44. The van der Waals surface area contributed by atoms with Gasteiger partial charge in [-0.15, -0.1) is 0 Å². The predicted octanol–water partition coefficient (Wildman–Crippen LogP) is 1.56. The van der Waals surface area contributed by atoms with Crippen LogP contribution in [0.4, 0.5) is 0 Å². The lowest BCUT2D eigenvalue weighted by Gasteiger charge is -2.32. The number of sulfonamides is 1. The monoisotopic (exact) mass is 331 g/mol. The van der Waals surface area contributed by atoms with Gasteiger partial charge in [-0.1, -0.05) is 18.0 Å². The highest BCUT2D eigenvalue weighted by Crippen LogP contribution is 2.20. The first kappa shape index (κ1) is 16.7. The molecule has 1 atom stereocenters. The molecule has 0 spiro atoms. The molecule has 1 aliphatic rings. The van der Waals surface area contributed by atoms with E-state index in [0.29, 0.717) is 17.1 Å². The molecule has 21 heavy (non-hydrogen) atoms. The first-order valence-electron chi connectivity index (χ1n) is 7.12. The highest BCUT2D eigenvalue weighted by molar-refractivity contribution is 7.89. The van der Waals surface area contributed by atoms with E-state index < -0.39 is 10.0 Å². The van der Waals surface area contributed by atoms with Crippen molar-refractivity contribution in [2.24, 2.45) is 5.73 Å². The SMILES string of the molecule is CN1CCCCC1CNS(=O)(=O)c1ccc(Cl)c(CN)c1. The largest absolute Gasteiger partial charge is 0.326 e. The van der Waals surface area contributed by atoms with Crippen LogP contribution in [0.1, 0.15) is 24.8 Å². The van der Waals surface area contributed by atoms with E-state index in [0.717, 1.165) is 19.4 Å². The Morgan fingerprint density at radius 3 is 2.86 bits per heavy atom. The van der Waals surface area contributed by atoms with Gasteiger partial charge >= 0.3 is 0 Å². The Hall–Kier alpha value is -0.660. The van der Waals surface area contributed by atoms with Gasteiger partial charge in [0, 0.05) is 24.2 Å². The van der Waals surface area contributed by atoms with E-state index in [9.17, 15) is 8.42 Å². The molecular weight excluding hydrogens is 310 g/mol. The number of nitrogens with two attached hydrogens (primary N) is 1. The Kier molecular flexibility index (Phi) is 5.62. The van der Waals surface area contributed by atoms with Crippen molar-refractivity contribution in [3.05, 3.63) is 28.8 Å². The van der Waals surface area contributed by atoms with Crippen LogP contribution in [-0.2, 0) is 16.6 Å². The maximum absolute atomic E-state index is 12.3. The van der Waals surface area contributed by atoms with Crippen molar-refractivity contribution < 1.29 is 8.42 Å². The van der Waals surface area contributed by atoms with Crippen molar-refractivity contribution in [2.45, 2.75) is 36.7 Å². The zero-order valence-corrected chi connectivity index (χ0v) is 13.8. The van der Waals surface area contributed by atoms with Crippen LogP contribution in [0, 0.1) is 0 Å². The third kappa shape index (κ3) is 4.17. The van der Waals surface area contributed by atoms with E-state index in [1.807, 2.05) is 7.05 Å². The van der Waals surface area contributed by atoms with Crippen molar-refractivity contribution in [3.8, 4) is 0 Å². The number of rotatable bonds is 5. The molecule has 0 radical (unpaired) electrons. The standard InChI is InChI=1S/C14H22ClN3O2S/c1-18-7-3-2-4-12(18)10-17-21(19,20)13-5-6-14(15)11(8-13)9-16/h5-6,8,12,17H,2-4,7,9-10,16H2,1H3. The topological polar surface area (TPSA) is 75.4 Å². The Balaban J connectivity index is 2.07. The second kappa shape index (κ2) is 7.07. The van der Waals surface area contributed by atoms with Crippen LogP contribution in [-0.4, -0.2) is 39.5 Å². The number of piperidine rings is 1. The average Bonchev–Trinajstić information content (AvgIpc) is 2.46. The second-order valence-corrected chi connectivity index (χ2v) is 7.61. The summed E-state index contributed by atoms with van der Waals surface area (Å²) in [6.45, 7) is 1.66. The van der Waals surface area contributed by atoms with Crippen LogP contribution in [0.25, 0.3) is 0 Å². The average molecular weight is 332 g/mol. The molecule has 1 fully saturated rings. The Morgan fingerprint density at radius 1 is 1.43 bits per heavy atom. The van der Waals surface area contributed by atoms with E-state index in [1.165, 1.54) is 18.6 Å². The van der Waals surface area contributed by atoms with Crippen molar-refractivity contribution in [1.29, 1.82) is 0 Å².